The minimum absolute atomic E-state index is 0.123. The molecule has 0 aliphatic heterocycles. The van der Waals surface area contributed by atoms with Crippen LogP contribution < -0.4 is 0 Å². The number of hydrogen-bond acceptors (Lipinski definition) is 0. The van der Waals surface area contributed by atoms with E-state index < -0.39 is 5.92 Å². The first-order valence-corrected chi connectivity index (χ1v) is 2.49. The molecule has 0 unspecified atom stereocenters. The van der Waals surface area contributed by atoms with Crippen molar-refractivity contribution in [1.29, 1.82) is 0 Å². The first-order chi connectivity index (χ1) is 3.48. The molecule has 0 aromatic carbocycles. The summed E-state index contributed by atoms with van der Waals surface area (Å²) >= 11 is 0. The van der Waals surface area contributed by atoms with Crippen LogP contribution in [0, 0.1) is 0 Å². The smallest absolute Gasteiger partial charge is 0.202 e. The average molecular weight is 120 g/mol. The molecule has 0 nitrogen and oxygen atoms in total. The third-order valence-corrected chi connectivity index (χ3v) is 1.13. The lowest BCUT2D eigenvalue weighted by Gasteiger charge is -2.08. The van der Waals surface area contributed by atoms with Crippen LogP contribution in [-0.2, 0) is 0 Å². The molecule has 0 heterocycles. The molecule has 0 amide bonds. The maximum atomic E-state index is 12.0. The summed E-state index contributed by atoms with van der Waals surface area (Å²) in [5, 5.41) is 0. The molecule has 0 spiro atoms. The molecule has 0 N–H and O–H groups in total. The third-order valence-electron chi connectivity index (χ3n) is 1.13. The fourth-order valence-electron chi connectivity index (χ4n) is 0.253. The van der Waals surface area contributed by atoms with Crippen molar-refractivity contribution in [3.63, 3.8) is 0 Å². The highest BCUT2D eigenvalue weighted by Crippen LogP contribution is 2.21. The van der Waals surface area contributed by atoms with Crippen molar-refractivity contribution in [3.8, 4) is 0 Å². The van der Waals surface area contributed by atoms with Crippen LogP contribution in [0.1, 0.15) is 20.8 Å². The Morgan fingerprint density at radius 3 is 1.88 bits per heavy atom. The molecular weight excluding hydrogens is 110 g/mol. The number of halogens is 2. The molecule has 0 atom stereocenters. The monoisotopic (exact) mass is 120 g/mol. The van der Waals surface area contributed by atoms with E-state index in [2.05, 4.69) is 0 Å². The summed E-state index contributed by atoms with van der Waals surface area (Å²) in [4.78, 5) is 0. The van der Waals surface area contributed by atoms with Crippen LogP contribution in [0.3, 0.4) is 0 Å². The van der Waals surface area contributed by atoms with Gasteiger partial charge in [-0.25, -0.2) is 8.78 Å². The Kier molecular flexibility index (Phi) is 2.13. The van der Waals surface area contributed by atoms with Gasteiger partial charge in [0.25, 0.3) is 5.92 Å². The van der Waals surface area contributed by atoms with Gasteiger partial charge in [0.2, 0.25) is 0 Å². The Bertz CT molecular complexity index is 97.6. The average Bonchev–Trinajstić information content (AvgIpc) is 1.62. The van der Waals surface area contributed by atoms with E-state index in [0.29, 0.717) is 0 Å². The van der Waals surface area contributed by atoms with Gasteiger partial charge in [0, 0.05) is 6.92 Å². The van der Waals surface area contributed by atoms with Crippen molar-refractivity contribution >= 4 is 0 Å². The molecule has 0 aliphatic rings. The Balaban J connectivity index is 4.03. The van der Waals surface area contributed by atoms with E-state index in [0.717, 1.165) is 6.92 Å². The van der Waals surface area contributed by atoms with Gasteiger partial charge in [-0.05, 0) is 19.4 Å². The summed E-state index contributed by atoms with van der Waals surface area (Å²) < 4.78 is 24.1. The third kappa shape index (κ3) is 2.05. The molecule has 48 valence electrons. The van der Waals surface area contributed by atoms with Crippen molar-refractivity contribution in [2.24, 2.45) is 0 Å². The fraction of sp³-hybridized carbons (Fsp3) is 0.667. The SMILES string of the molecule is C/C=C(\C)C(C)(F)F. The summed E-state index contributed by atoms with van der Waals surface area (Å²) in [6, 6.07) is 0. The predicted molar refractivity (Wildman–Crippen MR) is 30.1 cm³/mol. The minimum atomic E-state index is -2.63. The molecule has 0 bridgehead atoms. The maximum Gasteiger partial charge on any atom is 0.266 e. The van der Waals surface area contributed by atoms with Crippen molar-refractivity contribution in [3.05, 3.63) is 11.6 Å². The van der Waals surface area contributed by atoms with Crippen molar-refractivity contribution in [1.82, 2.24) is 0 Å². The molecule has 0 aromatic rings. The Hall–Kier alpha value is -0.400. The molecule has 0 fully saturated rings. The van der Waals surface area contributed by atoms with Crippen LogP contribution in [0.5, 0.6) is 0 Å². The van der Waals surface area contributed by atoms with Gasteiger partial charge in [-0.2, -0.15) is 0 Å². The van der Waals surface area contributed by atoms with Crippen molar-refractivity contribution < 1.29 is 8.78 Å². The van der Waals surface area contributed by atoms with E-state index in [4.69, 9.17) is 0 Å². The second-order valence-electron chi connectivity index (χ2n) is 1.86. The maximum absolute atomic E-state index is 12.0. The normalized spacial score (nSPS) is 14.4. The predicted octanol–water partition coefficient (Wildman–Crippen LogP) is 2.61. The zero-order chi connectivity index (χ0) is 6.78. The quantitative estimate of drug-likeness (QED) is 0.466. The highest BCUT2D eigenvalue weighted by atomic mass is 19.3. The minimum Gasteiger partial charge on any atom is -0.202 e. The second-order valence-corrected chi connectivity index (χ2v) is 1.86. The van der Waals surface area contributed by atoms with Crippen LogP contribution >= 0.6 is 0 Å². The number of hydrogen-bond donors (Lipinski definition) is 0. The lowest BCUT2D eigenvalue weighted by molar-refractivity contribution is 0.0633. The highest BCUT2D eigenvalue weighted by molar-refractivity contribution is 5.05. The Morgan fingerprint density at radius 1 is 1.50 bits per heavy atom. The lowest BCUT2D eigenvalue weighted by atomic mass is 10.2. The zero-order valence-corrected chi connectivity index (χ0v) is 5.33. The molecular formula is C6H10F2. The van der Waals surface area contributed by atoms with E-state index in [1.165, 1.54) is 13.0 Å². The molecule has 0 aromatic heterocycles. The van der Waals surface area contributed by atoms with E-state index in [1.807, 2.05) is 0 Å². The second kappa shape index (κ2) is 2.25. The van der Waals surface area contributed by atoms with Gasteiger partial charge in [-0.3, -0.25) is 0 Å². The highest BCUT2D eigenvalue weighted by Gasteiger charge is 2.21. The van der Waals surface area contributed by atoms with Gasteiger partial charge in [0.05, 0.1) is 0 Å². The standard InChI is InChI=1S/C6H10F2/c1-4-5(2)6(3,7)8/h4H,1-3H3/b5-4+. The largest absolute Gasteiger partial charge is 0.266 e. The first kappa shape index (κ1) is 7.60. The van der Waals surface area contributed by atoms with Crippen LogP contribution in [0.15, 0.2) is 11.6 Å². The molecule has 0 radical (unpaired) electrons. The molecule has 0 saturated heterocycles. The topological polar surface area (TPSA) is 0 Å². The van der Waals surface area contributed by atoms with Gasteiger partial charge in [-0.1, -0.05) is 6.08 Å². The van der Waals surface area contributed by atoms with Gasteiger partial charge in [-0.15, -0.1) is 0 Å². The number of rotatable bonds is 1. The number of alkyl halides is 2. The summed E-state index contributed by atoms with van der Waals surface area (Å²) in [7, 11) is 0. The lowest BCUT2D eigenvalue weighted by Crippen LogP contribution is -2.10. The van der Waals surface area contributed by atoms with Crippen LogP contribution in [0.4, 0.5) is 8.78 Å². The summed E-state index contributed by atoms with van der Waals surface area (Å²) in [5.41, 5.74) is 0.123. The fourth-order valence-corrected chi connectivity index (χ4v) is 0.253. The first-order valence-electron chi connectivity index (χ1n) is 2.49. The number of allylic oxidation sites excluding steroid dienone is 2. The van der Waals surface area contributed by atoms with Crippen LogP contribution in [-0.4, -0.2) is 5.92 Å². The molecule has 0 rings (SSSR count). The summed E-state index contributed by atoms with van der Waals surface area (Å²) in [6.45, 7) is 3.91. The molecule has 8 heavy (non-hydrogen) atoms. The van der Waals surface area contributed by atoms with Crippen LogP contribution in [0.25, 0.3) is 0 Å². The zero-order valence-electron chi connectivity index (χ0n) is 5.33. The molecule has 2 heteroatoms. The van der Waals surface area contributed by atoms with E-state index >= 15 is 0 Å². The molecule has 0 saturated carbocycles. The van der Waals surface area contributed by atoms with E-state index in [-0.39, 0.29) is 5.57 Å². The van der Waals surface area contributed by atoms with Crippen LogP contribution in [0.2, 0.25) is 0 Å². The summed E-state index contributed by atoms with van der Waals surface area (Å²) in [5.74, 6) is -2.63. The molecule has 0 aliphatic carbocycles. The Morgan fingerprint density at radius 2 is 1.88 bits per heavy atom. The summed E-state index contributed by atoms with van der Waals surface area (Å²) in [6.07, 6.45) is 1.42. The van der Waals surface area contributed by atoms with Crippen molar-refractivity contribution in [2.75, 3.05) is 0 Å². The van der Waals surface area contributed by atoms with Gasteiger partial charge in [0.1, 0.15) is 0 Å². The van der Waals surface area contributed by atoms with Gasteiger partial charge >= 0.3 is 0 Å². The van der Waals surface area contributed by atoms with E-state index in [1.54, 1.807) is 6.92 Å². The Labute approximate surface area is 48.2 Å². The van der Waals surface area contributed by atoms with Gasteiger partial charge in [0.15, 0.2) is 0 Å². The van der Waals surface area contributed by atoms with Gasteiger partial charge < -0.3 is 0 Å². The van der Waals surface area contributed by atoms with Crippen molar-refractivity contribution in [2.45, 2.75) is 26.7 Å². The van der Waals surface area contributed by atoms with E-state index in [9.17, 15) is 8.78 Å².